The van der Waals surface area contributed by atoms with Crippen LogP contribution in [0.5, 0.6) is 0 Å². The van der Waals surface area contributed by atoms with E-state index in [1.165, 1.54) is 15.6 Å². The van der Waals surface area contributed by atoms with Gasteiger partial charge in [-0.3, -0.25) is 18.7 Å². The van der Waals surface area contributed by atoms with Gasteiger partial charge >= 0.3 is 5.69 Å². The fourth-order valence-electron chi connectivity index (χ4n) is 4.47. The number of hydrogen-bond acceptors (Lipinski definition) is 4. The summed E-state index contributed by atoms with van der Waals surface area (Å²) >= 11 is 0. The lowest BCUT2D eigenvalue weighted by Crippen LogP contribution is -2.43. The zero-order valence-corrected chi connectivity index (χ0v) is 15.1. The maximum absolute atomic E-state index is 12.7. The van der Waals surface area contributed by atoms with Crippen LogP contribution in [0.1, 0.15) is 52.4 Å². The zero-order chi connectivity index (χ0) is 18.1. The van der Waals surface area contributed by atoms with Crippen LogP contribution in [-0.4, -0.2) is 15.0 Å². The van der Waals surface area contributed by atoms with Crippen LogP contribution in [0.2, 0.25) is 0 Å². The summed E-state index contributed by atoms with van der Waals surface area (Å²) in [7, 11) is 0. The number of nitrogens with zero attached hydrogens (tertiary/aromatic N) is 2. The molecule has 0 aromatic carbocycles. The Hall–Kier alpha value is -2.05. The third-order valence-electron chi connectivity index (χ3n) is 5.69. The number of fused-ring (bicyclic) bond motifs is 2. The summed E-state index contributed by atoms with van der Waals surface area (Å²) in [5.41, 5.74) is 5.27. The van der Waals surface area contributed by atoms with Crippen molar-refractivity contribution in [2.45, 2.75) is 65.5 Å². The summed E-state index contributed by atoms with van der Waals surface area (Å²) < 4.78 is 2.58. The molecule has 2 fully saturated rings. The normalized spacial score (nSPS) is 24.6. The Kier molecular flexibility index (Phi) is 5.01. The van der Waals surface area contributed by atoms with Gasteiger partial charge in [-0.25, -0.2) is 4.79 Å². The minimum atomic E-state index is -0.492. The Morgan fingerprint density at radius 3 is 2.36 bits per heavy atom. The molecule has 0 radical (unpaired) electrons. The molecule has 3 N–H and O–H groups in total. The highest BCUT2D eigenvalue weighted by Crippen LogP contribution is 2.48. The first-order valence-corrected chi connectivity index (χ1v) is 9.41. The fourth-order valence-corrected chi connectivity index (χ4v) is 4.47. The first kappa shape index (κ1) is 17.8. The van der Waals surface area contributed by atoms with Crippen LogP contribution in [0.25, 0.3) is 0 Å². The minimum Gasteiger partial charge on any atom is -0.383 e. The molecule has 0 spiro atoms. The van der Waals surface area contributed by atoms with Gasteiger partial charge in [-0.05, 0) is 43.9 Å². The lowest BCUT2D eigenvalue weighted by molar-refractivity contribution is -0.121. The van der Waals surface area contributed by atoms with E-state index in [1.807, 2.05) is 13.8 Å². The first-order chi connectivity index (χ1) is 12.0. The molecule has 2 bridgehead atoms. The van der Waals surface area contributed by atoms with Crippen LogP contribution in [0.4, 0.5) is 11.5 Å². The number of rotatable bonds is 6. The Labute approximate surface area is 147 Å². The predicted octanol–water partition coefficient (Wildman–Crippen LogP) is 1.79. The number of nitrogens with one attached hydrogen (secondary N) is 1. The number of nitrogen functional groups attached to an aromatic ring is 1. The topological polar surface area (TPSA) is 99.1 Å². The monoisotopic (exact) mass is 348 g/mol. The van der Waals surface area contributed by atoms with Crippen LogP contribution in [0, 0.1) is 17.8 Å². The third-order valence-corrected chi connectivity index (χ3v) is 5.69. The van der Waals surface area contributed by atoms with Gasteiger partial charge in [-0.15, -0.1) is 0 Å². The summed E-state index contributed by atoms with van der Waals surface area (Å²) in [4.78, 5) is 38.0. The van der Waals surface area contributed by atoms with E-state index in [0.29, 0.717) is 37.8 Å². The molecule has 1 aromatic rings. The van der Waals surface area contributed by atoms with E-state index in [2.05, 4.69) is 5.32 Å². The molecule has 1 amide bonds. The second-order valence-corrected chi connectivity index (χ2v) is 7.42. The number of nitrogens with two attached hydrogens (primary N) is 1. The Balaban J connectivity index is 1.95. The van der Waals surface area contributed by atoms with E-state index in [-0.39, 0.29) is 23.3 Å². The van der Waals surface area contributed by atoms with Gasteiger partial charge in [0.1, 0.15) is 11.5 Å². The third kappa shape index (κ3) is 3.12. The summed E-state index contributed by atoms with van der Waals surface area (Å²) in [6.45, 7) is 4.58. The maximum atomic E-state index is 12.7. The van der Waals surface area contributed by atoms with Crippen molar-refractivity contribution >= 4 is 17.4 Å². The molecule has 25 heavy (non-hydrogen) atoms. The average Bonchev–Trinajstić information content (AvgIpc) is 3.22. The van der Waals surface area contributed by atoms with Crippen LogP contribution in [0.15, 0.2) is 9.59 Å². The minimum absolute atomic E-state index is 0.0382. The van der Waals surface area contributed by atoms with Gasteiger partial charge in [0.2, 0.25) is 5.91 Å². The van der Waals surface area contributed by atoms with Crippen molar-refractivity contribution in [1.29, 1.82) is 0 Å². The fraction of sp³-hybridized carbons (Fsp3) is 0.722. The Morgan fingerprint density at radius 1 is 1.12 bits per heavy atom. The van der Waals surface area contributed by atoms with Crippen molar-refractivity contribution in [2.24, 2.45) is 17.8 Å². The van der Waals surface area contributed by atoms with E-state index in [4.69, 9.17) is 5.73 Å². The summed E-state index contributed by atoms with van der Waals surface area (Å²) in [6, 6.07) is 0. The molecule has 2 aliphatic rings. The molecule has 0 saturated heterocycles. The molecule has 7 nitrogen and oxygen atoms in total. The van der Waals surface area contributed by atoms with E-state index < -0.39 is 11.2 Å². The Morgan fingerprint density at radius 2 is 1.80 bits per heavy atom. The average molecular weight is 348 g/mol. The van der Waals surface area contributed by atoms with Gasteiger partial charge in [0.25, 0.3) is 5.56 Å². The quantitative estimate of drug-likeness (QED) is 0.818. The highest BCUT2D eigenvalue weighted by molar-refractivity contribution is 5.95. The number of carbonyl (C=O) groups is 1. The number of aromatic nitrogens is 2. The van der Waals surface area contributed by atoms with Crippen molar-refractivity contribution < 1.29 is 4.79 Å². The molecular formula is C18H28N4O3. The van der Waals surface area contributed by atoms with Gasteiger partial charge in [-0.2, -0.15) is 0 Å². The first-order valence-electron chi connectivity index (χ1n) is 9.41. The molecule has 1 heterocycles. The number of anilines is 2. The summed E-state index contributed by atoms with van der Waals surface area (Å²) in [5.74, 6) is 0.972. The van der Waals surface area contributed by atoms with Gasteiger partial charge in [-0.1, -0.05) is 20.3 Å². The molecule has 0 aliphatic heterocycles. The van der Waals surface area contributed by atoms with E-state index in [0.717, 1.165) is 19.3 Å². The van der Waals surface area contributed by atoms with Gasteiger partial charge < -0.3 is 11.1 Å². The highest BCUT2D eigenvalue weighted by Gasteiger charge is 2.43. The lowest BCUT2D eigenvalue weighted by Gasteiger charge is -2.22. The second-order valence-electron chi connectivity index (χ2n) is 7.42. The number of hydrogen-bond donors (Lipinski definition) is 2. The van der Waals surface area contributed by atoms with Crippen LogP contribution < -0.4 is 22.3 Å². The van der Waals surface area contributed by atoms with Crippen LogP contribution in [-0.2, 0) is 17.9 Å². The summed E-state index contributed by atoms with van der Waals surface area (Å²) in [5, 5.41) is 2.77. The highest BCUT2D eigenvalue weighted by atomic mass is 16.2. The molecule has 1 aromatic heterocycles. The maximum Gasteiger partial charge on any atom is 0.332 e. The SMILES string of the molecule is CCCn1c(N)c(NC(=O)C2CC3CCC2C3)c(=O)n(CCC)c1=O. The van der Waals surface area contributed by atoms with Crippen LogP contribution in [0.3, 0.4) is 0 Å². The molecular weight excluding hydrogens is 320 g/mol. The number of amides is 1. The second kappa shape index (κ2) is 7.06. The number of carbonyl (C=O) groups excluding carboxylic acids is 1. The predicted molar refractivity (Wildman–Crippen MR) is 97.5 cm³/mol. The van der Waals surface area contributed by atoms with Crippen molar-refractivity contribution in [3.63, 3.8) is 0 Å². The summed E-state index contributed by atoms with van der Waals surface area (Å²) in [6.07, 6.45) is 5.69. The zero-order valence-electron chi connectivity index (χ0n) is 15.1. The van der Waals surface area contributed by atoms with E-state index in [1.54, 1.807) is 0 Å². The molecule has 2 saturated carbocycles. The molecule has 3 unspecified atom stereocenters. The molecule has 138 valence electrons. The van der Waals surface area contributed by atoms with Gasteiger partial charge in [0.05, 0.1) is 0 Å². The van der Waals surface area contributed by atoms with E-state index >= 15 is 0 Å². The van der Waals surface area contributed by atoms with Crippen molar-refractivity contribution in [3.05, 3.63) is 20.8 Å². The molecule has 3 atom stereocenters. The molecule has 2 aliphatic carbocycles. The molecule has 3 rings (SSSR count). The largest absolute Gasteiger partial charge is 0.383 e. The van der Waals surface area contributed by atoms with Gasteiger partial charge in [0.15, 0.2) is 0 Å². The standard InChI is InChI=1S/C18H28N4O3/c1-3-7-21-15(19)14(17(24)22(8-4-2)18(21)25)20-16(23)13-10-11-5-6-12(13)9-11/h11-13H,3-10,19H2,1-2H3,(H,20,23). The van der Waals surface area contributed by atoms with E-state index in [9.17, 15) is 14.4 Å². The van der Waals surface area contributed by atoms with Crippen molar-refractivity contribution in [1.82, 2.24) is 9.13 Å². The van der Waals surface area contributed by atoms with Crippen LogP contribution >= 0.6 is 0 Å². The Bertz CT molecular complexity index is 780. The lowest BCUT2D eigenvalue weighted by atomic mass is 9.88. The van der Waals surface area contributed by atoms with Gasteiger partial charge in [0, 0.05) is 19.0 Å². The van der Waals surface area contributed by atoms with Crippen molar-refractivity contribution in [3.8, 4) is 0 Å². The molecule has 7 heteroatoms. The smallest absolute Gasteiger partial charge is 0.332 e. The van der Waals surface area contributed by atoms with Crippen molar-refractivity contribution in [2.75, 3.05) is 11.1 Å².